The molecule has 1 aromatic rings. The van der Waals surface area contributed by atoms with E-state index >= 15 is 0 Å². The highest BCUT2D eigenvalue weighted by Crippen LogP contribution is 2.28. The van der Waals surface area contributed by atoms with Gasteiger partial charge in [-0.3, -0.25) is 15.0 Å². The highest BCUT2D eigenvalue weighted by Gasteiger charge is 2.35. The zero-order valence-corrected chi connectivity index (χ0v) is 9.80. The van der Waals surface area contributed by atoms with Crippen molar-refractivity contribution in [1.82, 2.24) is 10.3 Å². The number of rotatable bonds is 0. The van der Waals surface area contributed by atoms with E-state index in [9.17, 15) is 0 Å². The SMILES string of the molecule is C1=CN[C@@H]2C3=CCCN=C3c3ncccc3C2=N1. The molecule has 0 fully saturated rings. The maximum absolute atomic E-state index is 4.65. The molecule has 88 valence electrons. The second kappa shape index (κ2) is 3.63. The van der Waals surface area contributed by atoms with Crippen LogP contribution in [0.3, 0.4) is 0 Å². The largest absolute Gasteiger partial charge is 0.377 e. The molecule has 1 atom stereocenters. The third-order valence-electron chi connectivity index (χ3n) is 3.48. The van der Waals surface area contributed by atoms with Crippen molar-refractivity contribution in [1.29, 1.82) is 0 Å². The highest BCUT2D eigenvalue weighted by atomic mass is 15.0. The van der Waals surface area contributed by atoms with Gasteiger partial charge in [0.15, 0.2) is 0 Å². The van der Waals surface area contributed by atoms with E-state index in [4.69, 9.17) is 0 Å². The number of aliphatic imine (C=N–C) groups is 2. The van der Waals surface area contributed by atoms with Gasteiger partial charge in [-0.2, -0.15) is 0 Å². The number of aromatic nitrogens is 1. The van der Waals surface area contributed by atoms with E-state index < -0.39 is 0 Å². The minimum atomic E-state index is 0.130. The molecule has 4 heteroatoms. The van der Waals surface area contributed by atoms with Crippen LogP contribution in [0, 0.1) is 0 Å². The molecule has 0 aromatic carbocycles. The van der Waals surface area contributed by atoms with Crippen LogP contribution < -0.4 is 5.32 Å². The third kappa shape index (κ3) is 1.23. The normalized spacial score (nSPS) is 23.8. The lowest BCUT2D eigenvalue weighted by molar-refractivity contribution is 0.810. The number of nitrogens with zero attached hydrogens (tertiary/aromatic N) is 3. The number of pyridine rings is 1. The van der Waals surface area contributed by atoms with Crippen LogP contribution in [0.1, 0.15) is 17.7 Å². The minimum absolute atomic E-state index is 0.130. The van der Waals surface area contributed by atoms with E-state index in [-0.39, 0.29) is 6.04 Å². The zero-order chi connectivity index (χ0) is 11.9. The summed E-state index contributed by atoms with van der Waals surface area (Å²) < 4.78 is 0. The number of dihydropyridines is 1. The van der Waals surface area contributed by atoms with Crippen LogP contribution in [0.15, 0.2) is 52.4 Å². The summed E-state index contributed by atoms with van der Waals surface area (Å²) in [6.45, 7) is 0.851. The Kier molecular flexibility index (Phi) is 1.97. The van der Waals surface area contributed by atoms with Gasteiger partial charge in [0.1, 0.15) is 0 Å². The average molecular weight is 236 g/mol. The number of hydrogen-bond acceptors (Lipinski definition) is 4. The van der Waals surface area contributed by atoms with Crippen molar-refractivity contribution in [3.05, 3.63) is 53.6 Å². The summed E-state index contributed by atoms with van der Waals surface area (Å²) in [5.41, 5.74) is 5.36. The first kappa shape index (κ1) is 9.76. The first-order chi connectivity index (χ1) is 8.95. The maximum Gasteiger partial charge on any atom is 0.0976 e. The van der Waals surface area contributed by atoms with E-state index in [0.29, 0.717) is 0 Å². The fourth-order valence-electron chi connectivity index (χ4n) is 2.72. The van der Waals surface area contributed by atoms with E-state index in [1.54, 1.807) is 6.20 Å². The van der Waals surface area contributed by atoms with Crippen LogP contribution in [0.4, 0.5) is 0 Å². The lowest BCUT2D eigenvalue weighted by atomic mass is 9.82. The Balaban J connectivity index is 2.02. The number of hydrogen-bond donors (Lipinski definition) is 1. The first-order valence-electron chi connectivity index (χ1n) is 6.14. The molecule has 0 unspecified atom stereocenters. The molecule has 3 aliphatic rings. The fourth-order valence-corrected chi connectivity index (χ4v) is 2.72. The predicted molar refractivity (Wildman–Crippen MR) is 70.9 cm³/mol. The van der Waals surface area contributed by atoms with Crippen LogP contribution in [0.25, 0.3) is 0 Å². The van der Waals surface area contributed by atoms with E-state index in [1.165, 1.54) is 5.57 Å². The molecule has 1 aromatic heterocycles. The predicted octanol–water partition coefficient (Wildman–Crippen LogP) is 1.45. The van der Waals surface area contributed by atoms with Gasteiger partial charge in [-0.25, -0.2) is 0 Å². The van der Waals surface area contributed by atoms with Crippen LogP contribution >= 0.6 is 0 Å². The molecule has 0 bridgehead atoms. The molecule has 4 rings (SSSR count). The van der Waals surface area contributed by atoms with Crippen LogP contribution in [-0.4, -0.2) is 29.0 Å². The Labute approximate surface area is 105 Å². The van der Waals surface area contributed by atoms with E-state index in [2.05, 4.69) is 32.4 Å². The van der Waals surface area contributed by atoms with Crippen LogP contribution in [0.2, 0.25) is 0 Å². The zero-order valence-electron chi connectivity index (χ0n) is 9.80. The summed E-state index contributed by atoms with van der Waals surface area (Å²) in [7, 11) is 0. The molecular formula is C14H12N4. The Bertz CT molecular complexity index is 637. The fraction of sp³-hybridized carbons (Fsp3) is 0.214. The van der Waals surface area contributed by atoms with Crippen molar-refractivity contribution in [2.75, 3.05) is 6.54 Å². The van der Waals surface area contributed by atoms with Crippen molar-refractivity contribution < 1.29 is 0 Å². The lowest BCUT2D eigenvalue weighted by Gasteiger charge is -2.32. The van der Waals surface area contributed by atoms with Gasteiger partial charge in [-0.05, 0) is 18.6 Å². The average Bonchev–Trinajstić information content (AvgIpc) is 2.48. The van der Waals surface area contributed by atoms with Gasteiger partial charge in [-0.15, -0.1) is 0 Å². The molecule has 0 saturated heterocycles. The Morgan fingerprint density at radius 1 is 1.33 bits per heavy atom. The van der Waals surface area contributed by atoms with Crippen LogP contribution in [-0.2, 0) is 0 Å². The number of nitrogens with one attached hydrogen (secondary N) is 1. The van der Waals surface area contributed by atoms with Gasteiger partial charge in [0.05, 0.1) is 23.2 Å². The van der Waals surface area contributed by atoms with Crippen LogP contribution in [0.5, 0.6) is 0 Å². The third-order valence-corrected chi connectivity index (χ3v) is 3.48. The second-order valence-corrected chi connectivity index (χ2v) is 4.51. The number of fused-ring (bicyclic) bond motifs is 6. The molecular weight excluding hydrogens is 224 g/mol. The van der Waals surface area contributed by atoms with Gasteiger partial charge in [-0.1, -0.05) is 6.08 Å². The van der Waals surface area contributed by atoms with Crippen molar-refractivity contribution in [3.8, 4) is 0 Å². The summed E-state index contributed by atoms with van der Waals surface area (Å²) in [6.07, 6.45) is 8.76. The maximum atomic E-state index is 4.65. The summed E-state index contributed by atoms with van der Waals surface area (Å²) in [6, 6.07) is 4.16. The van der Waals surface area contributed by atoms with Gasteiger partial charge in [0.25, 0.3) is 0 Å². The monoisotopic (exact) mass is 236 g/mol. The van der Waals surface area contributed by atoms with Gasteiger partial charge < -0.3 is 5.32 Å². The van der Waals surface area contributed by atoms with Crippen molar-refractivity contribution in [2.24, 2.45) is 9.98 Å². The quantitative estimate of drug-likeness (QED) is 0.741. The molecule has 3 heterocycles. The topological polar surface area (TPSA) is 49.6 Å². The second-order valence-electron chi connectivity index (χ2n) is 4.51. The molecule has 2 aliphatic heterocycles. The van der Waals surface area contributed by atoms with Crippen molar-refractivity contribution in [3.63, 3.8) is 0 Å². The molecule has 1 N–H and O–H groups in total. The van der Waals surface area contributed by atoms with E-state index in [1.807, 2.05) is 18.5 Å². The standard InChI is InChI=1S/C14H12N4/c1-3-9-11(15-5-1)12-10(4-2-6-16-12)14-13(9)17-7-8-18-14/h1,3-5,7-8,14,18H,2,6H2/t14-/m1/s1. The lowest BCUT2D eigenvalue weighted by Crippen LogP contribution is -2.45. The molecule has 0 spiro atoms. The molecule has 0 radical (unpaired) electrons. The Morgan fingerprint density at radius 2 is 2.33 bits per heavy atom. The molecule has 1 aliphatic carbocycles. The minimum Gasteiger partial charge on any atom is -0.377 e. The van der Waals surface area contributed by atoms with Gasteiger partial charge in [0, 0.05) is 36.3 Å². The smallest absolute Gasteiger partial charge is 0.0976 e. The summed E-state index contributed by atoms with van der Waals surface area (Å²) >= 11 is 0. The molecule has 18 heavy (non-hydrogen) atoms. The molecule has 0 saturated carbocycles. The van der Waals surface area contributed by atoms with Gasteiger partial charge in [0.2, 0.25) is 0 Å². The first-order valence-corrected chi connectivity index (χ1v) is 6.14. The van der Waals surface area contributed by atoms with Crippen molar-refractivity contribution in [2.45, 2.75) is 12.5 Å². The Morgan fingerprint density at radius 3 is 3.33 bits per heavy atom. The summed E-state index contributed by atoms with van der Waals surface area (Å²) in [5.74, 6) is 0. The van der Waals surface area contributed by atoms with E-state index in [0.717, 1.165) is 35.6 Å². The molecule has 4 nitrogen and oxygen atoms in total. The summed E-state index contributed by atoms with van der Waals surface area (Å²) in [4.78, 5) is 13.7. The Hall–Kier alpha value is -2.23. The van der Waals surface area contributed by atoms with Gasteiger partial charge >= 0.3 is 0 Å². The summed E-state index contributed by atoms with van der Waals surface area (Å²) in [5, 5.41) is 3.37. The van der Waals surface area contributed by atoms with Crippen molar-refractivity contribution >= 4 is 11.4 Å². The highest BCUT2D eigenvalue weighted by molar-refractivity contribution is 6.28. The molecule has 0 amide bonds.